The number of halogens is 1. The summed E-state index contributed by atoms with van der Waals surface area (Å²) >= 11 is 3.85. The molecule has 1 heteroatoms. The second kappa shape index (κ2) is 5.35. The zero-order valence-electron chi connectivity index (χ0n) is 10.3. The van der Waals surface area contributed by atoms with Gasteiger partial charge in [-0.05, 0) is 43.7 Å². The first-order valence-corrected chi connectivity index (χ1v) is 7.27. The lowest BCUT2D eigenvalue weighted by atomic mass is 9.81. The summed E-state index contributed by atoms with van der Waals surface area (Å²) in [5.74, 6) is 0.995. The summed E-state index contributed by atoms with van der Waals surface area (Å²) in [7, 11) is 0. The molecule has 1 atom stereocenters. The Morgan fingerprint density at radius 2 is 2.06 bits per heavy atom. The third-order valence-electron chi connectivity index (χ3n) is 3.76. The maximum Gasteiger partial charge on any atom is 0.0188 e. The van der Waals surface area contributed by atoms with Gasteiger partial charge in [-0.25, -0.2) is 0 Å². The molecule has 1 saturated carbocycles. The van der Waals surface area contributed by atoms with Gasteiger partial charge in [-0.3, -0.25) is 0 Å². The van der Waals surface area contributed by atoms with E-state index in [-0.39, 0.29) is 0 Å². The second-order valence-corrected chi connectivity index (χ2v) is 6.56. The van der Waals surface area contributed by atoms with Crippen LogP contribution in [-0.4, -0.2) is 4.83 Å². The second-order valence-electron chi connectivity index (χ2n) is 5.26. The van der Waals surface area contributed by atoms with Crippen LogP contribution in [0.2, 0.25) is 0 Å². The molecular weight excluding hydrogens is 260 g/mol. The van der Waals surface area contributed by atoms with Crippen LogP contribution in [0.3, 0.4) is 0 Å². The van der Waals surface area contributed by atoms with Crippen molar-refractivity contribution < 1.29 is 0 Å². The van der Waals surface area contributed by atoms with Crippen molar-refractivity contribution in [3.05, 3.63) is 34.9 Å². The quantitative estimate of drug-likeness (QED) is 0.695. The van der Waals surface area contributed by atoms with Gasteiger partial charge in [0.05, 0.1) is 0 Å². The minimum absolute atomic E-state index is 0.665. The minimum Gasteiger partial charge on any atom is -0.0887 e. The van der Waals surface area contributed by atoms with Gasteiger partial charge in [0.15, 0.2) is 0 Å². The average molecular weight is 281 g/mol. The van der Waals surface area contributed by atoms with Crippen LogP contribution in [-0.2, 0) is 6.42 Å². The van der Waals surface area contributed by atoms with E-state index in [9.17, 15) is 0 Å². The van der Waals surface area contributed by atoms with E-state index in [0.29, 0.717) is 4.83 Å². The molecule has 0 aromatic heterocycles. The van der Waals surface area contributed by atoms with E-state index in [2.05, 4.69) is 48.0 Å². The van der Waals surface area contributed by atoms with Crippen LogP contribution < -0.4 is 0 Å². The van der Waals surface area contributed by atoms with Crippen molar-refractivity contribution in [1.29, 1.82) is 0 Å². The molecule has 0 saturated heterocycles. The number of hydrogen-bond donors (Lipinski definition) is 0. The van der Waals surface area contributed by atoms with E-state index < -0.39 is 0 Å². The lowest BCUT2D eigenvalue weighted by molar-refractivity contribution is 0.294. The van der Waals surface area contributed by atoms with Gasteiger partial charge in [0.2, 0.25) is 0 Å². The first-order valence-electron chi connectivity index (χ1n) is 6.35. The summed E-state index contributed by atoms with van der Waals surface area (Å²) < 4.78 is 0. The summed E-state index contributed by atoms with van der Waals surface area (Å²) in [6.07, 6.45) is 6.90. The Hall–Kier alpha value is -0.300. The van der Waals surface area contributed by atoms with Crippen molar-refractivity contribution in [2.45, 2.75) is 50.8 Å². The molecule has 0 nitrogen and oxygen atoms in total. The molecule has 1 aliphatic carbocycles. The molecule has 1 aliphatic rings. The number of rotatable bonds is 4. The highest BCUT2D eigenvalue weighted by atomic mass is 79.9. The predicted molar refractivity (Wildman–Crippen MR) is 74.3 cm³/mol. The molecule has 0 amide bonds. The molecule has 0 radical (unpaired) electrons. The predicted octanol–water partition coefficient (Wildman–Crippen LogP) is 4.80. The third kappa shape index (κ3) is 3.10. The lowest BCUT2D eigenvalue weighted by Gasteiger charge is -2.27. The van der Waals surface area contributed by atoms with Gasteiger partial charge >= 0.3 is 0 Å². The van der Waals surface area contributed by atoms with Crippen molar-refractivity contribution in [3.8, 4) is 0 Å². The first kappa shape index (κ1) is 12.2. The molecule has 1 unspecified atom stereocenters. The molecule has 2 rings (SSSR count). The van der Waals surface area contributed by atoms with E-state index in [0.717, 1.165) is 5.92 Å². The monoisotopic (exact) mass is 280 g/mol. The van der Waals surface area contributed by atoms with E-state index in [1.54, 1.807) is 0 Å². The smallest absolute Gasteiger partial charge is 0.0188 e. The van der Waals surface area contributed by atoms with Crippen molar-refractivity contribution in [2.24, 2.45) is 5.92 Å². The molecule has 0 N–H and O–H groups in total. The first-order chi connectivity index (χ1) is 7.65. The van der Waals surface area contributed by atoms with Crippen molar-refractivity contribution in [2.75, 3.05) is 0 Å². The van der Waals surface area contributed by atoms with E-state index in [1.165, 1.54) is 48.8 Å². The van der Waals surface area contributed by atoms with E-state index in [4.69, 9.17) is 0 Å². The highest BCUT2D eigenvalue weighted by molar-refractivity contribution is 9.09. The highest BCUT2D eigenvalue weighted by Gasteiger charge is 2.21. The summed E-state index contributed by atoms with van der Waals surface area (Å²) in [6.45, 7) is 4.40. The largest absolute Gasteiger partial charge is 0.0887 e. The molecule has 1 fully saturated rings. The Kier molecular flexibility index (Phi) is 4.07. The molecule has 0 heterocycles. The summed E-state index contributed by atoms with van der Waals surface area (Å²) in [6, 6.07) is 6.78. The van der Waals surface area contributed by atoms with Gasteiger partial charge in [-0.15, -0.1) is 0 Å². The molecular formula is C15H21Br. The van der Waals surface area contributed by atoms with E-state index in [1.807, 2.05) is 0 Å². The van der Waals surface area contributed by atoms with Crippen molar-refractivity contribution in [1.82, 2.24) is 0 Å². The van der Waals surface area contributed by atoms with Crippen LogP contribution in [0.1, 0.15) is 42.4 Å². The van der Waals surface area contributed by atoms with Gasteiger partial charge in [-0.1, -0.05) is 59.0 Å². The number of hydrogen-bond acceptors (Lipinski definition) is 0. The number of aryl methyl sites for hydroxylation is 2. The van der Waals surface area contributed by atoms with Gasteiger partial charge in [0.1, 0.15) is 0 Å². The van der Waals surface area contributed by atoms with Crippen molar-refractivity contribution >= 4 is 15.9 Å². The van der Waals surface area contributed by atoms with Gasteiger partial charge in [0.25, 0.3) is 0 Å². The number of benzene rings is 1. The standard InChI is InChI=1S/C15H21Br/c1-11-6-7-12(2)14(8-11)10-15(16)9-13-4-3-5-13/h6-8,13,15H,3-5,9-10H2,1-2H3. The Balaban J connectivity index is 1.93. The van der Waals surface area contributed by atoms with Gasteiger partial charge in [-0.2, -0.15) is 0 Å². The summed E-state index contributed by atoms with van der Waals surface area (Å²) in [5.41, 5.74) is 4.33. The fraction of sp³-hybridized carbons (Fsp3) is 0.600. The maximum absolute atomic E-state index is 3.85. The molecule has 0 spiro atoms. The zero-order valence-corrected chi connectivity index (χ0v) is 11.9. The topological polar surface area (TPSA) is 0 Å². The lowest BCUT2D eigenvalue weighted by Crippen LogP contribution is -2.17. The fourth-order valence-electron chi connectivity index (χ4n) is 2.43. The Labute approximate surface area is 108 Å². The normalized spacial score (nSPS) is 18.2. The van der Waals surface area contributed by atoms with Gasteiger partial charge in [0, 0.05) is 4.83 Å². The van der Waals surface area contributed by atoms with Crippen molar-refractivity contribution in [3.63, 3.8) is 0 Å². The minimum atomic E-state index is 0.665. The highest BCUT2D eigenvalue weighted by Crippen LogP contribution is 2.33. The summed E-state index contributed by atoms with van der Waals surface area (Å²) in [4.78, 5) is 0.665. The molecule has 1 aromatic rings. The average Bonchev–Trinajstić information content (AvgIpc) is 2.18. The van der Waals surface area contributed by atoms with Crippen LogP contribution in [0.5, 0.6) is 0 Å². The Morgan fingerprint density at radius 3 is 2.69 bits per heavy atom. The zero-order chi connectivity index (χ0) is 11.5. The van der Waals surface area contributed by atoms with Crippen LogP contribution in [0.15, 0.2) is 18.2 Å². The van der Waals surface area contributed by atoms with Crippen LogP contribution in [0, 0.1) is 19.8 Å². The fourth-order valence-corrected chi connectivity index (χ4v) is 3.31. The Bertz CT molecular complexity index is 352. The van der Waals surface area contributed by atoms with E-state index >= 15 is 0 Å². The molecule has 1 aromatic carbocycles. The Morgan fingerprint density at radius 1 is 1.31 bits per heavy atom. The third-order valence-corrected chi connectivity index (χ3v) is 4.46. The van der Waals surface area contributed by atoms with Crippen LogP contribution in [0.25, 0.3) is 0 Å². The van der Waals surface area contributed by atoms with Crippen LogP contribution in [0.4, 0.5) is 0 Å². The molecule has 88 valence electrons. The maximum atomic E-state index is 3.85. The number of alkyl halides is 1. The molecule has 0 aliphatic heterocycles. The SMILES string of the molecule is Cc1ccc(C)c(CC(Br)CC2CCC2)c1. The molecule has 0 bridgehead atoms. The molecule has 16 heavy (non-hydrogen) atoms. The van der Waals surface area contributed by atoms with Gasteiger partial charge < -0.3 is 0 Å². The summed E-state index contributed by atoms with van der Waals surface area (Å²) in [5, 5.41) is 0. The van der Waals surface area contributed by atoms with Crippen LogP contribution >= 0.6 is 15.9 Å².